The Kier molecular flexibility index (Phi) is 7.28. The molecular formula is C59H40N2O. The highest BCUT2D eigenvalue weighted by Gasteiger charge is 2.51. The Balaban J connectivity index is 1.00. The Morgan fingerprint density at radius 3 is 1.42 bits per heavy atom. The maximum atomic E-state index is 6.64. The van der Waals surface area contributed by atoms with Crippen molar-refractivity contribution in [3.8, 4) is 56.0 Å². The molecular weight excluding hydrogens is 753 g/mol. The Morgan fingerprint density at radius 1 is 0.371 bits per heavy atom. The van der Waals surface area contributed by atoms with E-state index < -0.39 is 5.41 Å². The summed E-state index contributed by atoms with van der Waals surface area (Å²) in [5, 5.41) is 0. The molecule has 292 valence electrons. The van der Waals surface area contributed by atoms with Crippen LogP contribution in [0.15, 0.2) is 211 Å². The second-order valence-corrected chi connectivity index (χ2v) is 17.5. The van der Waals surface area contributed by atoms with E-state index in [-0.39, 0.29) is 5.41 Å². The van der Waals surface area contributed by atoms with Crippen molar-refractivity contribution in [1.82, 2.24) is 4.98 Å². The molecule has 1 aromatic heterocycles. The second kappa shape index (κ2) is 12.9. The lowest BCUT2D eigenvalue weighted by atomic mass is 9.70. The van der Waals surface area contributed by atoms with Crippen LogP contribution in [0.2, 0.25) is 0 Å². The van der Waals surface area contributed by atoms with Crippen LogP contribution < -0.4 is 4.90 Å². The summed E-state index contributed by atoms with van der Waals surface area (Å²) < 4.78 is 6.64. The predicted octanol–water partition coefficient (Wildman–Crippen LogP) is 15.3. The van der Waals surface area contributed by atoms with Gasteiger partial charge in [-0.3, -0.25) is 0 Å². The smallest absolute Gasteiger partial charge is 0.227 e. The SMILES string of the molecule is CC1(C)c2ccccc2-c2ccc(N(c3ccc4c(c3)C3(c5ccccc5-c5ccccc53)c3ccccc3-4)c3ccc4nc(-c5ccc(-c6ccccc6)cc5)oc4c3)cc21. The topological polar surface area (TPSA) is 29.3 Å². The standard InChI is InChI=1S/C59H40N2O/c1-58(2)49-20-10-6-16-43(49)47-31-28-40(34-53(47)58)61(42-30-33-55-56(36-42)62-57(60-55)39-26-24-38(25-27-39)37-14-4-3-5-15-37)41-29-32-48-46-19-9-13-23-52(46)59(54(48)35-41)50-21-11-7-17-44(50)45-18-8-12-22-51(45)59/h3-36H,1-2H3. The Labute approximate surface area is 361 Å². The van der Waals surface area contributed by atoms with E-state index in [2.05, 4.69) is 219 Å². The summed E-state index contributed by atoms with van der Waals surface area (Å²) in [5.41, 5.74) is 23.2. The summed E-state index contributed by atoms with van der Waals surface area (Å²) in [6.45, 7) is 4.71. The van der Waals surface area contributed by atoms with Crippen LogP contribution in [0.4, 0.5) is 17.1 Å². The van der Waals surface area contributed by atoms with Crippen molar-refractivity contribution in [3.63, 3.8) is 0 Å². The number of oxazole rings is 1. The number of anilines is 3. The number of benzene rings is 9. The number of rotatable bonds is 5. The quantitative estimate of drug-likeness (QED) is 0.174. The highest BCUT2D eigenvalue weighted by Crippen LogP contribution is 2.63. The van der Waals surface area contributed by atoms with Gasteiger partial charge >= 0.3 is 0 Å². The average molecular weight is 793 g/mol. The van der Waals surface area contributed by atoms with E-state index in [0.29, 0.717) is 5.89 Å². The van der Waals surface area contributed by atoms with E-state index >= 15 is 0 Å². The molecule has 1 heterocycles. The first-order chi connectivity index (χ1) is 30.5. The average Bonchev–Trinajstić information content (AvgIpc) is 4.04. The van der Waals surface area contributed by atoms with Crippen molar-refractivity contribution in [1.29, 1.82) is 0 Å². The Morgan fingerprint density at radius 2 is 0.806 bits per heavy atom. The molecule has 0 saturated heterocycles. The number of fused-ring (bicyclic) bond motifs is 14. The molecule has 0 aliphatic heterocycles. The van der Waals surface area contributed by atoms with Gasteiger partial charge in [0.15, 0.2) is 5.58 Å². The van der Waals surface area contributed by atoms with Crippen LogP contribution in [0.3, 0.4) is 0 Å². The van der Waals surface area contributed by atoms with Gasteiger partial charge in [0, 0.05) is 34.1 Å². The van der Waals surface area contributed by atoms with Crippen molar-refractivity contribution in [3.05, 3.63) is 240 Å². The summed E-state index contributed by atoms with van der Waals surface area (Å²) >= 11 is 0. The van der Waals surface area contributed by atoms with Crippen molar-refractivity contribution < 1.29 is 4.42 Å². The summed E-state index contributed by atoms with van der Waals surface area (Å²) in [7, 11) is 0. The number of hydrogen-bond donors (Lipinski definition) is 0. The highest BCUT2D eigenvalue weighted by molar-refractivity contribution is 5.97. The van der Waals surface area contributed by atoms with Crippen LogP contribution in [-0.2, 0) is 10.8 Å². The first kappa shape index (κ1) is 35.0. The molecule has 13 rings (SSSR count). The predicted molar refractivity (Wildman–Crippen MR) is 253 cm³/mol. The minimum absolute atomic E-state index is 0.158. The molecule has 0 atom stereocenters. The van der Waals surface area contributed by atoms with Crippen molar-refractivity contribution in [2.45, 2.75) is 24.7 Å². The van der Waals surface area contributed by atoms with Crippen molar-refractivity contribution in [2.24, 2.45) is 0 Å². The number of nitrogens with zero attached hydrogens (tertiary/aromatic N) is 2. The van der Waals surface area contributed by atoms with Gasteiger partial charge in [0.05, 0.1) is 5.41 Å². The lowest BCUT2D eigenvalue weighted by Crippen LogP contribution is -2.26. The van der Waals surface area contributed by atoms with E-state index in [0.717, 1.165) is 39.3 Å². The van der Waals surface area contributed by atoms with E-state index in [4.69, 9.17) is 9.40 Å². The fraction of sp³-hybridized carbons (Fsp3) is 0.0678. The third kappa shape index (κ3) is 4.79. The largest absolute Gasteiger partial charge is 0.436 e. The normalized spacial score (nSPS) is 14.2. The highest BCUT2D eigenvalue weighted by atomic mass is 16.3. The maximum absolute atomic E-state index is 6.64. The van der Waals surface area contributed by atoms with Crippen LogP contribution in [-0.4, -0.2) is 4.98 Å². The van der Waals surface area contributed by atoms with E-state index in [1.807, 2.05) is 6.07 Å². The van der Waals surface area contributed by atoms with Gasteiger partial charge in [0.2, 0.25) is 5.89 Å². The van der Waals surface area contributed by atoms with E-state index in [9.17, 15) is 0 Å². The lowest BCUT2D eigenvalue weighted by Gasteiger charge is -2.32. The van der Waals surface area contributed by atoms with Gasteiger partial charge in [-0.15, -0.1) is 0 Å². The molecule has 9 aromatic carbocycles. The van der Waals surface area contributed by atoms with Crippen LogP contribution in [0.25, 0.3) is 67.1 Å². The minimum Gasteiger partial charge on any atom is -0.436 e. The third-order valence-corrected chi connectivity index (χ3v) is 13.9. The molecule has 0 radical (unpaired) electrons. The molecule has 10 aromatic rings. The molecule has 0 amide bonds. The zero-order valence-electron chi connectivity index (χ0n) is 34.4. The molecule has 1 spiro atoms. The molecule has 0 bridgehead atoms. The third-order valence-electron chi connectivity index (χ3n) is 13.9. The molecule has 3 nitrogen and oxygen atoms in total. The van der Waals surface area contributed by atoms with Gasteiger partial charge in [0.1, 0.15) is 5.52 Å². The van der Waals surface area contributed by atoms with Gasteiger partial charge < -0.3 is 9.32 Å². The first-order valence-electron chi connectivity index (χ1n) is 21.5. The molecule has 0 unspecified atom stereocenters. The molecule has 0 fully saturated rings. The molecule has 62 heavy (non-hydrogen) atoms. The molecule has 0 N–H and O–H groups in total. The zero-order valence-corrected chi connectivity index (χ0v) is 34.4. The summed E-state index contributed by atoms with van der Waals surface area (Å²) in [6.07, 6.45) is 0. The molecule has 0 saturated carbocycles. The fourth-order valence-corrected chi connectivity index (χ4v) is 11.1. The van der Waals surface area contributed by atoms with Crippen molar-refractivity contribution >= 4 is 28.2 Å². The van der Waals surface area contributed by atoms with Crippen LogP contribution in [0.5, 0.6) is 0 Å². The van der Waals surface area contributed by atoms with E-state index in [1.54, 1.807) is 0 Å². The summed E-state index contributed by atoms with van der Waals surface area (Å²) in [4.78, 5) is 7.41. The summed E-state index contributed by atoms with van der Waals surface area (Å²) in [6, 6.07) is 75.4. The molecule has 3 heteroatoms. The maximum Gasteiger partial charge on any atom is 0.227 e. The van der Waals surface area contributed by atoms with Crippen molar-refractivity contribution in [2.75, 3.05) is 4.90 Å². The number of hydrogen-bond acceptors (Lipinski definition) is 3. The molecule has 3 aliphatic rings. The second-order valence-electron chi connectivity index (χ2n) is 17.5. The number of aromatic nitrogens is 1. The minimum atomic E-state index is -0.456. The lowest BCUT2D eigenvalue weighted by molar-refractivity contribution is 0.620. The van der Waals surface area contributed by atoms with Gasteiger partial charge in [-0.25, -0.2) is 4.98 Å². The summed E-state index contributed by atoms with van der Waals surface area (Å²) in [5.74, 6) is 0.608. The van der Waals surface area contributed by atoms with E-state index in [1.165, 1.54) is 72.3 Å². The Bertz CT molecular complexity index is 3380. The molecule has 3 aliphatic carbocycles. The van der Waals surface area contributed by atoms with Gasteiger partial charge in [-0.2, -0.15) is 0 Å². The van der Waals surface area contributed by atoms with Crippen LogP contribution >= 0.6 is 0 Å². The fourth-order valence-electron chi connectivity index (χ4n) is 11.1. The van der Waals surface area contributed by atoms with Crippen LogP contribution in [0, 0.1) is 0 Å². The van der Waals surface area contributed by atoms with Gasteiger partial charge in [-0.1, -0.05) is 166 Å². The monoisotopic (exact) mass is 792 g/mol. The van der Waals surface area contributed by atoms with Gasteiger partial charge in [-0.05, 0) is 126 Å². The Hall–Kier alpha value is -7.75. The zero-order chi connectivity index (χ0) is 41.2. The van der Waals surface area contributed by atoms with Crippen LogP contribution in [0.1, 0.15) is 47.2 Å². The van der Waals surface area contributed by atoms with Gasteiger partial charge in [0.25, 0.3) is 0 Å². The first-order valence-corrected chi connectivity index (χ1v) is 21.5.